The molecule has 0 saturated carbocycles. The van der Waals surface area contributed by atoms with Gasteiger partial charge in [-0.3, -0.25) is 4.68 Å². The smallest absolute Gasteiger partial charge is 0.317 e. The molecule has 1 N–H and O–H groups in total. The molecule has 0 radical (unpaired) electrons. The van der Waals surface area contributed by atoms with Crippen LogP contribution in [0.25, 0.3) is 0 Å². The van der Waals surface area contributed by atoms with E-state index in [1.807, 2.05) is 13.1 Å². The highest BCUT2D eigenvalue weighted by molar-refractivity contribution is 5.74. The van der Waals surface area contributed by atoms with Crippen molar-refractivity contribution >= 4 is 6.03 Å². The van der Waals surface area contributed by atoms with Crippen molar-refractivity contribution in [1.29, 1.82) is 0 Å². The van der Waals surface area contributed by atoms with E-state index in [0.29, 0.717) is 6.54 Å². The average molecular weight is 194 g/mol. The molecule has 1 fully saturated rings. The number of nitrogens with zero attached hydrogens (tertiary/aromatic N) is 3. The molecular weight excluding hydrogens is 180 g/mol. The van der Waals surface area contributed by atoms with Gasteiger partial charge in [0, 0.05) is 26.3 Å². The minimum atomic E-state index is 0.0254. The minimum Gasteiger partial charge on any atom is -0.338 e. The zero-order chi connectivity index (χ0) is 9.97. The number of hydrogen-bond acceptors (Lipinski definition) is 2. The lowest BCUT2D eigenvalue weighted by molar-refractivity contribution is 0.182. The average Bonchev–Trinajstić information content (AvgIpc) is 2.56. The summed E-state index contributed by atoms with van der Waals surface area (Å²) in [6, 6.07) is 1.96. The monoisotopic (exact) mass is 194 g/mol. The number of carbonyl (C=O) groups is 1. The Bertz CT molecular complexity index is 333. The Labute approximate surface area is 82.7 Å². The molecule has 0 aliphatic carbocycles. The topological polar surface area (TPSA) is 50.2 Å². The summed E-state index contributed by atoms with van der Waals surface area (Å²) in [5, 5.41) is 6.89. The molecule has 1 saturated heterocycles. The van der Waals surface area contributed by atoms with Gasteiger partial charge in [0.2, 0.25) is 0 Å². The van der Waals surface area contributed by atoms with Crippen LogP contribution in [0.5, 0.6) is 0 Å². The van der Waals surface area contributed by atoms with Crippen molar-refractivity contribution in [2.45, 2.75) is 13.0 Å². The van der Waals surface area contributed by atoms with Gasteiger partial charge in [0.1, 0.15) is 0 Å². The molecule has 0 unspecified atom stereocenters. The molecule has 0 aromatic carbocycles. The van der Waals surface area contributed by atoms with Crippen LogP contribution in [0.4, 0.5) is 4.79 Å². The van der Waals surface area contributed by atoms with E-state index in [1.54, 1.807) is 15.8 Å². The van der Waals surface area contributed by atoms with Crippen molar-refractivity contribution in [3.63, 3.8) is 0 Å². The van der Waals surface area contributed by atoms with Gasteiger partial charge in [-0.25, -0.2) is 4.79 Å². The van der Waals surface area contributed by atoms with Crippen molar-refractivity contribution in [3.8, 4) is 0 Å². The van der Waals surface area contributed by atoms with Gasteiger partial charge >= 0.3 is 6.03 Å². The molecule has 2 amide bonds. The predicted octanol–water partition coefficient (Wildman–Crippen LogP) is 0.335. The predicted molar refractivity (Wildman–Crippen MR) is 51.6 cm³/mol. The summed E-state index contributed by atoms with van der Waals surface area (Å²) in [4.78, 5) is 13.2. The van der Waals surface area contributed by atoms with Gasteiger partial charge in [0.15, 0.2) is 0 Å². The third-order valence-electron chi connectivity index (χ3n) is 2.44. The second-order valence-electron chi connectivity index (χ2n) is 3.45. The molecule has 76 valence electrons. The van der Waals surface area contributed by atoms with Gasteiger partial charge in [0.25, 0.3) is 0 Å². The summed E-state index contributed by atoms with van der Waals surface area (Å²) in [5.74, 6) is 0. The second kappa shape index (κ2) is 3.69. The molecule has 0 bridgehead atoms. The molecule has 0 atom stereocenters. The van der Waals surface area contributed by atoms with Crippen LogP contribution in [0.3, 0.4) is 0 Å². The van der Waals surface area contributed by atoms with Crippen molar-refractivity contribution in [1.82, 2.24) is 20.0 Å². The Morgan fingerprint density at radius 1 is 1.64 bits per heavy atom. The Kier molecular flexibility index (Phi) is 2.39. The number of aromatic nitrogens is 2. The van der Waals surface area contributed by atoms with Gasteiger partial charge in [-0.2, -0.15) is 5.10 Å². The normalized spacial score (nSPS) is 16.9. The number of hydrogen-bond donors (Lipinski definition) is 1. The zero-order valence-corrected chi connectivity index (χ0v) is 8.23. The first-order valence-electron chi connectivity index (χ1n) is 4.77. The maximum Gasteiger partial charge on any atom is 0.317 e. The van der Waals surface area contributed by atoms with Crippen LogP contribution in [0.2, 0.25) is 0 Å². The number of amides is 2. The molecule has 1 aliphatic heterocycles. The van der Waals surface area contributed by atoms with Crippen LogP contribution >= 0.6 is 0 Å². The van der Waals surface area contributed by atoms with E-state index < -0.39 is 0 Å². The maximum atomic E-state index is 11.4. The lowest BCUT2D eigenvalue weighted by atomic mass is 10.3. The van der Waals surface area contributed by atoms with Crippen LogP contribution in [0.1, 0.15) is 12.1 Å². The molecule has 0 spiro atoms. The fraction of sp³-hybridized carbons (Fsp3) is 0.556. The SMILES string of the molecule is Cn1nccc1CN1CCCNC1=O. The first-order valence-corrected chi connectivity index (χ1v) is 4.77. The number of urea groups is 1. The van der Waals surface area contributed by atoms with Gasteiger partial charge < -0.3 is 10.2 Å². The lowest BCUT2D eigenvalue weighted by Gasteiger charge is -2.27. The van der Waals surface area contributed by atoms with Crippen molar-refractivity contribution in [2.24, 2.45) is 7.05 Å². The standard InChI is InChI=1S/C9H14N4O/c1-12-8(3-5-11-12)7-13-6-2-4-10-9(13)14/h3,5H,2,4,6-7H2,1H3,(H,10,14). The fourth-order valence-corrected chi connectivity index (χ4v) is 1.58. The van der Waals surface area contributed by atoms with Crippen LogP contribution in [0.15, 0.2) is 12.3 Å². The van der Waals surface area contributed by atoms with Gasteiger partial charge in [0.05, 0.1) is 12.2 Å². The van der Waals surface area contributed by atoms with Gasteiger partial charge in [-0.15, -0.1) is 0 Å². The number of aryl methyl sites for hydroxylation is 1. The number of nitrogens with one attached hydrogen (secondary N) is 1. The van der Waals surface area contributed by atoms with Crippen LogP contribution in [-0.2, 0) is 13.6 Å². The first kappa shape index (κ1) is 9.05. The second-order valence-corrected chi connectivity index (χ2v) is 3.45. The largest absolute Gasteiger partial charge is 0.338 e. The fourth-order valence-electron chi connectivity index (χ4n) is 1.58. The molecule has 2 heterocycles. The van der Waals surface area contributed by atoms with Crippen LogP contribution in [0, 0.1) is 0 Å². The molecular formula is C9H14N4O. The lowest BCUT2D eigenvalue weighted by Crippen LogP contribution is -2.46. The molecule has 1 aromatic heterocycles. The summed E-state index contributed by atoms with van der Waals surface area (Å²) >= 11 is 0. The van der Waals surface area contributed by atoms with Crippen LogP contribution < -0.4 is 5.32 Å². The van der Waals surface area contributed by atoms with Crippen molar-refractivity contribution in [2.75, 3.05) is 13.1 Å². The van der Waals surface area contributed by atoms with E-state index >= 15 is 0 Å². The Morgan fingerprint density at radius 3 is 3.14 bits per heavy atom. The summed E-state index contributed by atoms with van der Waals surface area (Å²) in [7, 11) is 1.89. The van der Waals surface area contributed by atoms with E-state index in [4.69, 9.17) is 0 Å². The van der Waals surface area contributed by atoms with E-state index in [0.717, 1.165) is 25.2 Å². The zero-order valence-electron chi connectivity index (χ0n) is 8.23. The number of rotatable bonds is 2. The quantitative estimate of drug-likeness (QED) is 0.737. The highest BCUT2D eigenvalue weighted by Gasteiger charge is 2.18. The minimum absolute atomic E-state index is 0.0254. The third kappa shape index (κ3) is 1.71. The first-order chi connectivity index (χ1) is 6.77. The molecule has 1 aliphatic rings. The van der Waals surface area contributed by atoms with Crippen molar-refractivity contribution < 1.29 is 4.79 Å². The summed E-state index contributed by atoms with van der Waals surface area (Å²) in [5.41, 5.74) is 1.06. The van der Waals surface area contributed by atoms with Gasteiger partial charge in [-0.1, -0.05) is 0 Å². The Morgan fingerprint density at radius 2 is 2.50 bits per heavy atom. The van der Waals surface area contributed by atoms with E-state index in [2.05, 4.69) is 10.4 Å². The van der Waals surface area contributed by atoms with Crippen molar-refractivity contribution in [3.05, 3.63) is 18.0 Å². The van der Waals surface area contributed by atoms with E-state index in [9.17, 15) is 4.79 Å². The Hall–Kier alpha value is -1.52. The van der Waals surface area contributed by atoms with Gasteiger partial charge in [-0.05, 0) is 12.5 Å². The third-order valence-corrected chi connectivity index (χ3v) is 2.44. The highest BCUT2D eigenvalue weighted by atomic mass is 16.2. The summed E-state index contributed by atoms with van der Waals surface area (Å²) in [6.45, 7) is 2.26. The van der Waals surface area contributed by atoms with E-state index in [1.165, 1.54) is 0 Å². The molecule has 14 heavy (non-hydrogen) atoms. The molecule has 2 rings (SSSR count). The molecule has 5 heteroatoms. The molecule has 5 nitrogen and oxygen atoms in total. The summed E-state index contributed by atoms with van der Waals surface area (Å²) < 4.78 is 1.79. The molecule has 1 aromatic rings. The highest BCUT2D eigenvalue weighted by Crippen LogP contribution is 2.06. The maximum absolute atomic E-state index is 11.4. The van der Waals surface area contributed by atoms with Crippen LogP contribution in [-0.4, -0.2) is 33.8 Å². The van der Waals surface area contributed by atoms with E-state index in [-0.39, 0.29) is 6.03 Å². The summed E-state index contributed by atoms with van der Waals surface area (Å²) in [6.07, 6.45) is 2.76. The Balaban J connectivity index is 2.03. The number of carbonyl (C=O) groups excluding carboxylic acids is 1.